The lowest BCUT2D eigenvalue weighted by atomic mass is 9.84. The number of esters is 2. The summed E-state index contributed by atoms with van der Waals surface area (Å²) in [6.07, 6.45) is -0.0750. The fourth-order valence-electron chi connectivity index (χ4n) is 3.66. The van der Waals surface area contributed by atoms with Crippen LogP contribution in [0.3, 0.4) is 0 Å². The second-order valence-electron chi connectivity index (χ2n) is 6.98. The van der Waals surface area contributed by atoms with Gasteiger partial charge in [-0.1, -0.05) is 12.1 Å². The molecule has 2 N–H and O–H groups in total. The van der Waals surface area contributed by atoms with Gasteiger partial charge in [-0.2, -0.15) is 0 Å². The molecule has 1 aliphatic heterocycles. The Bertz CT molecular complexity index is 1040. The summed E-state index contributed by atoms with van der Waals surface area (Å²) < 4.78 is 26.7. The first kappa shape index (κ1) is 23.0. The number of ether oxygens (including phenoxy) is 5. The molecule has 0 radical (unpaired) electrons. The number of fused-ring (bicyclic) bond motifs is 1. The number of carbonyl (C=O) groups excluding carboxylic acids is 2. The summed E-state index contributed by atoms with van der Waals surface area (Å²) in [5.74, 6) is -0.162. The van der Waals surface area contributed by atoms with Gasteiger partial charge in [0.15, 0.2) is 11.5 Å². The minimum atomic E-state index is -0.669. The van der Waals surface area contributed by atoms with E-state index in [1.165, 1.54) is 0 Å². The largest absolute Gasteiger partial charge is 0.493 e. The van der Waals surface area contributed by atoms with Crippen LogP contribution in [-0.4, -0.2) is 39.4 Å². The zero-order chi connectivity index (χ0) is 23.3. The summed E-state index contributed by atoms with van der Waals surface area (Å²) in [4.78, 5) is 25.0. The van der Waals surface area contributed by atoms with Crippen molar-refractivity contribution in [2.75, 3.05) is 27.4 Å². The normalized spacial score (nSPS) is 14.8. The van der Waals surface area contributed by atoms with Gasteiger partial charge in [0.05, 0.1) is 33.9 Å². The first-order valence-electron chi connectivity index (χ1n) is 10.3. The third-order valence-electron chi connectivity index (χ3n) is 5.11. The molecule has 1 aliphatic rings. The van der Waals surface area contributed by atoms with Gasteiger partial charge in [-0.05, 0) is 49.2 Å². The summed E-state index contributed by atoms with van der Waals surface area (Å²) in [6, 6.07) is 11.0. The highest BCUT2D eigenvalue weighted by molar-refractivity contribution is 5.93. The molecule has 3 rings (SSSR count). The lowest BCUT2D eigenvalue weighted by Crippen LogP contribution is -2.28. The van der Waals surface area contributed by atoms with Crippen LogP contribution in [0.15, 0.2) is 47.9 Å². The van der Waals surface area contributed by atoms with Crippen molar-refractivity contribution in [3.8, 4) is 28.4 Å². The Morgan fingerprint density at radius 1 is 0.938 bits per heavy atom. The second-order valence-corrected chi connectivity index (χ2v) is 6.98. The number of hydrogen-bond donors (Lipinski definition) is 1. The molecule has 1 heterocycles. The smallest absolute Gasteiger partial charge is 0.340 e. The van der Waals surface area contributed by atoms with E-state index < -0.39 is 17.9 Å². The highest BCUT2D eigenvalue weighted by atomic mass is 16.5. The van der Waals surface area contributed by atoms with Gasteiger partial charge in [0, 0.05) is 11.5 Å². The Morgan fingerprint density at radius 2 is 1.59 bits per heavy atom. The van der Waals surface area contributed by atoms with Crippen LogP contribution in [0.25, 0.3) is 11.1 Å². The lowest BCUT2D eigenvalue weighted by molar-refractivity contribution is -0.143. The Morgan fingerprint density at radius 3 is 2.25 bits per heavy atom. The van der Waals surface area contributed by atoms with Crippen LogP contribution < -0.4 is 19.9 Å². The predicted octanol–water partition coefficient (Wildman–Crippen LogP) is 3.53. The van der Waals surface area contributed by atoms with Gasteiger partial charge in [-0.25, -0.2) is 4.79 Å². The Hall–Kier alpha value is -3.68. The van der Waals surface area contributed by atoms with Crippen LogP contribution >= 0.6 is 0 Å². The van der Waals surface area contributed by atoms with Crippen LogP contribution in [0.1, 0.15) is 31.7 Å². The number of carbonyl (C=O) groups is 2. The van der Waals surface area contributed by atoms with Gasteiger partial charge in [0.1, 0.15) is 11.3 Å². The molecule has 8 heteroatoms. The summed E-state index contributed by atoms with van der Waals surface area (Å²) in [6.45, 7) is 3.82. The quantitative estimate of drug-likeness (QED) is 0.620. The van der Waals surface area contributed by atoms with E-state index in [1.807, 2.05) is 30.3 Å². The molecule has 0 spiro atoms. The molecule has 8 nitrogen and oxygen atoms in total. The summed E-state index contributed by atoms with van der Waals surface area (Å²) in [5, 5.41) is 0. The summed E-state index contributed by atoms with van der Waals surface area (Å²) in [7, 11) is 3.14. The molecule has 1 unspecified atom stereocenters. The minimum absolute atomic E-state index is 0.0750. The van der Waals surface area contributed by atoms with Crippen molar-refractivity contribution in [1.29, 1.82) is 0 Å². The maximum absolute atomic E-state index is 12.7. The third-order valence-corrected chi connectivity index (χ3v) is 5.11. The maximum Gasteiger partial charge on any atom is 0.340 e. The van der Waals surface area contributed by atoms with E-state index in [9.17, 15) is 9.59 Å². The summed E-state index contributed by atoms with van der Waals surface area (Å²) in [5.41, 5.74) is 8.51. The molecule has 2 aromatic rings. The van der Waals surface area contributed by atoms with E-state index in [0.717, 1.165) is 11.1 Å². The molecule has 0 saturated carbocycles. The average Bonchev–Trinajstić information content (AvgIpc) is 2.78. The first-order valence-corrected chi connectivity index (χ1v) is 10.3. The molecule has 0 aliphatic carbocycles. The number of nitrogens with two attached hydrogens (primary N) is 1. The van der Waals surface area contributed by atoms with E-state index in [2.05, 4.69) is 0 Å². The van der Waals surface area contributed by atoms with Crippen LogP contribution in [0, 0.1) is 0 Å². The molecule has 0 fully saturated rings. The van der Waals surface area contributed by atoms with Crippen molar-refractivity contribution >= 4 is 11.9 Å². The molecule has 0 aromatic heterocycles. The van der Waals surface area contributed by atoms with Gasteiger partial charge in [-0.15, -0.1) is 0 Å². The molecule has 32 heavy (non-hydrogen) atoms. The molecule has 0 saturated heterocycles. The van der Waals surface area contributed by atoms with Crippen LogP contribution in [0.2, 0.25) is 0 Å². The van der Waals surface area contributed by atoms with Crippen molar-refractivity contribution in [3.05, 3.63) is 53.4 Å². The fourth-order valence-corrected chi connectivity index (χ4v) is 3.66. The van der Waals surface area contributed by atoms with Crippen LogP contribution in [0.5, 0.6) is 17.2 Å². The van der Waals surface area contributed by atoms with Gasteiger partial charge in [-0.3, -0.25) is 4.79 Å². The predicted molar refractivity (Wildman–Crippen MR) is 117 cm³/mol. The van der Waals surface area contributed by atoms with E-state index in [-0.39, 0.29) is 31.1 Å². The molecule has 1 atom stereocenters. The molecule has 2 aromatic carbocycles. The van der Waals surface area contributed by atoms with Gasteiger partial charge >= 0.3 is 11.9 Å². The van der Waals surface area contributed by atoms with E-state index >= 15 is 0 Å². The van der Waals surface area contributed by atoms with E-state index in [4.69, 9.17) is 29.4 Å². The minimum Gasteiger partial charge on any atom is -0.493 e. The topological polar surface area (TPSA) is 106 Å². The van der Waals surface area contributed by atoms with Gasteiger partial charge in [0.25, 0.3) is 0 Å². The Labute approximate surface area is 186 Å². The summed E-state index contributed by atoms with van der Waals surface area (Å²) >= 11 is 0. The highest BCUT2D eigenvalue weighted by Gasteiger charge is 2.36. The molecule has 170 valence electrons. The van der Waals surface area contributed by atoms with Gasteiger partial charge in [0.2, 0.25) is 5.88 Å². The first-order chi connectivity index (χ1) is 15.4. The SMILES string of the molecule is CCOC(=O)CC1C(C(=O)OCC)=C(N)Oc2ccc(-c3ccc(OC)c(OC)c3)cc21. The van der Waals surface area contributed by atoms with Crippen molar-refractivity contribution < 1.29 is 33.3 Å². The molecular formula is C24H27NO7. The van der Waals surface area contributed by atoms with E-state index in [1.54, 1.807) is 34.1 Å². The Kier molecular flexibility index (Phi) is 7.25. The number of rotatable bonds is 8. The molecular weight excluding hydrogens is 414 g/mol. The van der Waals surface area contributed by atoms with Crippen molar-refractivity contribution in [1.82, 2.24) is 0 Å². The van der Waals surface area contributed by atoms with Gasteiger partial charge < -0.3 is 29.4 Å². The Balaban J connectivity index is 2.08. The second kappa shape index (κ2) is 10.1. The lowest BCUT2D eigenvalue weighted by Gasteiger charge is -2.28. The van der Waals surface area contributed by atoms with Crippen molar-refractivity contribution in [3.63, 3.8) is 0 Å². The molecule has 0 amide bonds. The van der Waals surface area contributed by atoms with Crippen LogP contribution in [0.4, 0.5) is 0 Å². The standard InChI is InChI=1S/C24H27NO7/c1-5-30-21(26)13-17-16-11-14(15-8-10-19(28-3)20(12-15)29-4)7-9-18(16)32-23(25)22(17)24(27)31-6-2/h7-12,17H,5-6,13,25H2,1-4H3. The zero-order valence-corrected chi connectivity index (χ0v) is 18.6. The zero-order valence-electron chi connectivity index (χ0n) is 18.6. The van der Waals surface area contributed by atoms with Crippen molar-refractivity contribution in [2.45, 2.75) is 26.2 Å². The number of methoxy groups -OCH3 is 2. The van der Waals surface area contributed by atoms with Crippen LogP contribution in [-0.2, 0) is 19.1 Å². The van der Waals surface area contributed by atoms with E-state index in [0.29, 0.717) is 22.8 Å². The van der Waals surface area contributed by atoms with Crippen molar-refractivity contribution in [2.24, 2.45) is 5.73 Å². The highest BCUT2D eigenvalue weighted by Crippen LogP contribution is 2.43. The maximum atomic E-state index is 12.7. The monoisotopic (exact) mass is 441 g/mol. The molecule has 0 bridgehead atoms. The third kappa shape index (κ3) is 4.64. The average molecular weight is 441 g/mol. The fraction of sp³-hybridized carbons (Fsp3) is 0.333. The number of hydrogen-bond acceptors (Lipinski definition) is 8. The number of benzene rings is 2.